The highest BCUT2D eigenvalue weighted by atomic mass is 35.5. The van der Waals surface area contributed by atoms with Crippen molar-refractivity contribution in [3.05, 3.63) is 87.3 Å². The fourth-order valence-corrected chi connectivity index (χ4v) is 2.82. The van der Waals surface area contributed by atoms with Gasteiger partial charge in [0.1, 0.15) is 6.54 Å². The van der Waals surface area contributed by atoms with Crippen LogP contribution in [0.2, 0.25) is 5.02 Å². The number of carbonyl (C=O) groups excluding carboxylic acids is 1. The molecule has 0 saturated carbocycles. The van der Waals surface area contributed by atoms with E-state index in [1.807, 2.05) is 0 Å². The minimum absolute atomic E-state index is 0.0348. The second-order valence-corrected chi connectivity index (χ2v) is 6.69. The first-order valence-electron chi connectivity index (χ1n) is 8.62. The van der Waals surface area contributed by atoms with Crippen molar-refractivity contribution in [2.24, 2.45) is 0 Å². The Hall–Kier alpha value is -3.52. The lowest BCUT2D eigenvalue weighted by atomic mass is 10.1. The van der Waals surface area contributed by atoms with Crippen molar-refractivity contribution >= 4 is 23.2 Å². The van der Waals surface area contributed by atoms with Gasteiger partial charge >= 0.3 is 0 Å². The SMILES string of the molecule is C=CCN(Cc1nc(-c2ccc(Cl)cc2)no1)C(=O)c1ccc(C)c([N+](=O)[O-])c1. The molecular weight excluding hydrogens is 396 g/mol. The van der Waals surface area contributed by atoms with E-state index in [1.165, 1.54) is 11.0 Å². The summed E-state index contributed by atoms with van der Waals surface area (Å²) < 4.78 is 5.26. The summed E-state index contributed by atoms with van der Waals surface area (Å²) in [6.45, 7) is 5.52. The minimum Gasteiger partial charge on any atom is -0.337 e. The number of nitrogens with zero attached hydrogens (tertiary/aromatic N) is 4. The predicted octanol–water partition coefficient (Wildman–Crippen LogP) is 4.44. The molecule has 1 aromatic heterocycles. The van der Waals surface area contributed by atoms with Gasteiger partial charge in [-0.1, -0.05) is 28.9 Å². The number of hydrogen-bond acceptors (Lipinski definition) is 6. The highest BCUT2D eigenvalue weighted by molar-refractivity contribution is 6.30. The molecule has 2 aromatic carbocycles. The smallest absolute Gasteiger partial charge is 0.273 e. The van der Waals surface area contributed by atoms with Gasteiger partial charge in [-0.2, -0.15) is 4.98 Å². The van der Waals surface area contributed by atoms with Crippen molar-refractivity contribution in [2.75, 3.05) is 6.54 Å². The summed E-state index contributed by atoms with van der Waals surface area (Å²) in [4.78, 5) is 29.3. The maximum absolute atomic E-state index is 12.9. The lowest BCUT2D eigenvalue weighted by Crippen LogP contribution is -2.31. The number of benzene rings is 2. The summed E-state index contributed by atoms with van der Waals surface area (Å²) in [6, 6.07) is 11.3. The van der Waals surface area contributed by atoms with E-state index in [2.05, 4.69) is 16.7 Å². The monoisotopic (exact) mass is 412 g/mol. The highest BCUT2D eigenvalue weighted by Gasteiger charge is 2.21. The van der Waals surface area contributed by atoms with Crippen LogP contribution in [0.3, 0.4) is 0 Å². The Morgan fingerprint density at radius 1 is 1.31 bits per heavy atom. The molecule has 0 aliphatic rings. The van der Waals surface area contributed by atoms with Crippen LogP contribution < -0.4 is 0 Å². The van der Waals surface area contributed by atoms with Crippen LogP contribution >= 0.6 is 11.6 Å². The molecule has 0 saturated heterocycles. The van der Waals surface area contributed by atoms with Crippen LogP contribution in [0.5, 0.6) is 0 Å². The van der Waals surface area contributed by atoms with E-state index < -0.39 is 10.8 Å². The summed E-state index contributed by atoms with van der Waals surface area (Å²) in [5, 5.41) is 15.7. The molecule has 0 bridgehead atoms. The fourth-order valence-electron chi connectivity index (χ4n) is 2.70. The third-order valence-corrected chi connectivity index (χ3v) is 4.44. The topological polar surface area (TPSA) is 102 Å². The van der Waals surface area contributed by atoms with Gasteiger partial charge in [0.2, 0.25) is 11.7 Å². The zero-order valence-electron chi connectivity index (χ0n) is 15.5. The van der Waals surface area contributed by atoms with Gasteiger partial charge < -0.3 is 9.42 Å². The average molecular weight is 413 g/mol. The van der Waals surface area contributed by atoms with Gasteiger partial charge in [-0.25, -0.2) is 0 Å². The first-order chi connectivity index (χ1) is 13.9. The van der Waals surface area contributed by atoms with Crippen molar-refractivity contribution in [1.29, 1.82) is 0 Å². The molecule has 0 N–H and O–H groups in total. The van der Waals surface area contributed by atoms with Gasteiger partial charge in [0.25, 0.3) is 11.6 Å². The number of nitro benzene ring substituents is 1. The normalized spacial score (nSPS) is 10.6. The molecule has 8 nitrogen and oxygen atoms in total. The fraction of sp³-hybridized carbons (Fsp3) is 0.150. The lowest BCUT2D eigenvalue weighted by Gasteiger charge is -2.19. The molecule has 0 aliphatic carbocycles. The second kappa shape index (κ2) is 8.66. The number of aromatic nitrogens is 2. The van der Waals surface area contributed by atoms with Gasteiger partial charge in [0, 0.05) is 34.3 Å². The van der Waals surface area contributed by atoms with Gasteiger partial charge in [0.15, 0.2) is 0 Å². The third kappa shape index (κ3) is 4.67. The molecule has 148 valence electrons. The van der Waals surface area contributed by atoms with Crippen LogP contribution in [-0.2, 0) is 6.54 Å². The Labute approximate surface area is 171 Å². The third-order valence-electron chi connectivity index (χ3n) is 4.19. The Morgan fingerprint density at radius 3 is 2.69 bits per heavy atom. The first kappa shape index (κ1) is 20.2. The van der Waals surface area contributed by atoms with Crippen LogP contribution in [0.25, 0.3) is 11.4 Å². The maximum atomic E-state index is 12.9. The minimum atomic E-state index is -0.514. The largest absolute Gasteiger partial charge is 0.337 e. The molecule has 1 amide bonds. The average Bonchev–Trinajstić information content (AvgIpc) is 3.16. The Kier molecular flexibility index (Phi) is 6.04. The van der Waals surface area contributed by atoms with E-state index in [0.29, 0.717) is 16.4 Å². The van der Waals surface area contributed by atoms with Crippen molar-refractivity contribution < 1.29 is 14.2 Å². The van der Waals surface area contributed by atoms with Gasteiger partial charge in [-0.3, -0.25) is 14.9 Å². The Balaban J connectivity index is 1.82. The number of halogens is 1. The number of amides is 1. The van der Waals surface area contributed by atoms with Gasteiger partial charge in [-0.05, 0) is 37.3 Å². The van der Waals surface area contributed by atoms with Gasteiger partial charge in [0.05, 0.1) is 4.92 Å². The standard InChI is InChI=1S/C20H17ClN4O4/c1-3-10-24(20(26)15-5-4-13(2)17(11-15)25(27)28)12-18-22-19(23-29-18)14-6-8-16(21)9-7-14/h3-9,11H,1,10,12H2,2H3. The first-order valence-corrected chi connectivity index (χ1v) is 9.00. The van der Waals surface area contributed by atoms with Gasteiger partial charge in [-0.15, -0.1) is 6.58 Å². The molecule has 0 aliphatic heterocycles. The molecular formula is C20H17ClN4O4. The van der Waals surface area contributed by atoms with E-state index in [4.69, 9.17) is 16.1 Å². The van der Waals surface area contributed by atoms with Crippen molar-refractivity contribution in [1.82, 2.24) is 15.0 Å². The molecule has 9 heteroatoms. The van der Waals surface area contributed by atoms with Crippen LogP contribution in [0.4, 0.5) is 5.69 Å². The molecule has 3 rings (SSSR count). The van der Waals surface area contributed by atoms with Crippen LogP contribution in [-0.4, -0.2) is 32.4 Å². The van der Waals surface area contributed by atoms with Crippen molar-refractivity contribution in [3.63, 3.8) is 0 Å². The molecule has 0 spiro atoms. The number of aryl methyl sites for hydroxylation is 1. The summed E-state index contributed by atoms with van der Waals surface area (Å²) in [6.07, 6.45) is 1.55. The van der Waals surface area contributed by atoms with Crippen molar-refractivity contribution in [3.8, 4) is 11.4 Å². The number of hydrogen-bond donors (Lipinski definition) is 0. The predicted molar refractivity (Wildman–Crippen MR) is 108 cm³/mol. The molecule has 0 unspecified atom stereocenters. The maximum Gasteiger partial charge on any atom is 0.273 e. The summed E-state index contributed by atoms with van der Waals surface area (Å²) in [5.41, 5.74) is 1.28. The van der Waals surface area contributed by atoms with E-state index in [0.717, 1.165) is 5.56 Å². The second-order valence-electron chi connectivity index (χ2n) is 6.25. The Bertz CT molecular complexity index is 1060. The summed E-state index contributed by atoms with van der Waals surface area (Å²) in [7, 11) is 0. The molecule has 1 heterocycles. The quantitative estimate of drug-likeness (QED) is 0.323. The zero-order chi connectivity index (χ0) is 21.0. The van der Waals surface area contributed by atoms with E-state index in [-0.39, 0.29) is 30.2 Å². The van der Waals surface area contributed by atoms with Crippen LogP contribution in [0.15, 0.2) is 59.6 Å². The number of rotatable bonds is 7. The zero-order valence-corrected chi connectivity index (χ0v) is 16.3. The number of nitro groups is 1. The summed E-state index contributed by atoms with van der Waals surface area (Å²) in [5.74, 6) is 0.194. The van der Waals surface area contributed by atoms with E-state index in [9.17, 15) is 14.9 Å². The van der Waals surface area contributed by atoms with Crippen LogP contribution in [0, 0.1) is 17.0 Å². The Morgan fingerprint density at radius 2 is 2.03 bits per heavy atom. The molecule has 29 heavy (non-hydrogen) atoms. The molecule has 0 fully saturated rings. The van der Waals surface area contributed by atoms with E-state index in [1.54, 1.807) is 49.4 Å². The van der Waals surface area contributed by atoms with Crippen molar-refractivity contribution in [2.45, 2.75) is 13.5 Å². The lowest BCUT2D eigenvalue weighted by molar-refractivity contribution is -0.385. The van der Waals surface area contributed by atoms with E-state index >= 15 is 0 Å². The molecule has 3 aromatic rings. The highest BCUT2D eigenvalue weighted by Crippen LogP contribution is 2.22. The molecule has 0 atom stereocenters. The summed E-state index contributed by atoms with van der Waals surface area (Å²) >= 11 is 5.88. The van der Waals surface area contributed by atoms with Crippen LogP contribution in [0.1, 0.15) is 21.8 Å². The number of carbonyl (C=O) groups is 1. The molecule has 0 radical (unpaired) electrons.